The van der Waals surface area contributed by atoms with E-state index in [0.717, 1.165) is 29.8 Å². The second-order valence-electron chi connectivity index (χ2n) is 7.99. The molecule has 1 saturated carbocycles. The molecule has 2 aliphatic rings. The van der Waals surface area contributed by atoms with Crippen LogP contribution in [0.25, 0.3) is 0 Å². The van der Waals surface area contributed by atoms with Crippen molar-refractivity contribution >= 4 is 11.7 Å². The Morgan fingerprint density at radius 3 is 2.69 bits per heavy atom. The van der Waals surface area contributed by atoms with Gasteiger partial charge in [-0.1, -0.05) is 48.0 Å². The van der Waals surface area contributed by atoms with Gasteiger partial charge < -0.3 is 15.3 Å². The summed E-state index contributed by atoms with van der Waals surface area (Å²) in [6, 6.07) is 16.1. The lowest BCUT2D eigenvalue weighted by atomic mass is 9.61. The van der Waals surface area contributed by atoms with Gasteiger partial charge in [0.25, 0.3) is 0 Å². The van der Waals surface area contributed by atoms with E-state index in [1.807, 2.05) is 49.1 Å². The van der Waals surface area contributed by atoms with Crippen LogP contribution in [0.5, 0.6) is 0 Å². The highest BCUT2D eigenvalue weighted by Crippen LogP contribution is 2.50. The van der Waals surface area contributed by atoms with Crippen molar-refractivity contribution in [1.82, 2.24) is 4.90 Å². The summed E-state index contributed by atoms with van der Waals surface area (Å²) in [5.74, 6) is 0.584. The first-order valence-corrected chi connectivity index (χ1v) is 9.34. The normalized spacial score (nSPS) is 27.0. The second-order valence-corrected chi connectivity index (χ2v) is 7.99. The fourth-order valence-corrected chi connectivity index (χ4v) is 4.60. The summed E-state index contributed by atoms with van der Waals surface area (Å²) >= 11 is 0. The minimum Gasteiger partial charge on any atom is -0.389 e. The molecule has 1 heterocycles. The minimum absolute atomic E-state index is 0.0617. The van der Waals surface area contributed by atoms with Gasteiger partial charge >= 0.3 is 6.03 Å². The van der Waals surface area contributed by atoms with Crippen LogP contribution in [0.2, 0.25) is 0 Å². The van der Waals surface area contributed by atoms with Crippen LogP contribution in [-0.2, 0) is 6.42 Å². The fourth-order valence-electron chi connectivity index (χ4n) is 4.60. The summed E-state index contributed by atoms with van der Waals surface area (Å²) in [5.41, 5.74) is 3.60. The second kappa shape index (κ2) is 6.44. The number of aliphatic hydroxyl groups is 1. The largest absolute Gasteiger partial charge is 0.389 e. The number of amides is 2. The molecule has 0 bridgehead atoms. The highest BCUT2D eigenvalue weighted by molar-refractivity contribution is 5.90. The summed E-state index contributed by atoms with van der Waals surface area (Å²) in [4.78, 5) is 14.5. The number of hydrogen-bond donors (Lipinski definition) is 2. The van der Waals surface area contributed by atoms with Gasteiger partial charge in [0.05, 0.1) is 5.60 Å². The standard InChI is InChI=1S/C22H26N2O2/c1-15-8-9-20(16(2)10-15)23-21(25)24-13-18-12-22(26,19(18)14-24)11-17-6-4-3-5-7-17/h3-10,18-19,26H,11-14H2,1-2H3,(H,23,25)/t18-,19+,22-/m1/s1. The molecule has 0 aromatic heterocycles. The molecule has 0 radical (unpaired) electrons. The van der Waals surface area contributed by atoms with E-state index in [-0.39, 0.29) is 11.9 Å². The van der Waals surface area contributed by atoms with E-state index >= 15 is 0 Å². The molecule has 4 nitrogen and oxygen atoms in total. The van der Waals surface area contributed by atoms with Gasteiger partial charge in [-0.3, -0.25) is 0 Å². The van der Waals surface area contributed by atoms with Gasteiger partial charge in [-0.2, -0.15) is 0 Å². The zero-order chi connectivity index (χ0) is 18.3. The number of hydrogen-bond acceptors (Lipinski definition) is 2. The van der Waals surface area contributed by atoms with Crippen LogP contribution in [0.4, 0.5) is 10.5 Å². The average molecular weight is 350 g/mol. The van der Waals surface area contributed by atoms with Crippen LogP contribution >= 0.6 is 0 Å². The third-order valence-corrected chi connectivity index (χ3v) is 6.01. The van der Waals surface area contributed by atoms with Gasteiger partial charge in [-0.25, -0.2) is 4.79 Å². The Morgan fingerprint density at radius 2 is 1.96 bits per heavy atom. The predicted molar refractivity (Wildman–Crippen MR) is 103 cm³/mol. The Bertz CT molecular complexity index is 820. The lowest BCUT2D eigenvalue weighted by Crippen LogP contribution is -2.55. The number of likely N-dealkylation sites (tertiary alicyclic amines) is 1. The molecular formula is C22H26N2O2. The van der Waals surface area contributed by atoms with E-state index < -0.39 is 5.60 Å². The number of nitrogens with zero attached hydrogens (tertiary/aromatic N) is 1. The van der Waals surface area contributed by atoms with Crippen molar-refractivity contribution < 1.29 is 9.90 Å². The topological polar surface area (TPSA) is 52.6 Å². The third kappa shape index (κ3) is 3.10. The van der Waals surface area contributed by atoms with Crippen molar-refractivity contribution in [2.45, 2.75) is 32.3 Å². The summed E-state index contributed by atoms with van der Waals surface area (Å²) in [5, 5.41) is 14.1. The summed E-state index contributed by atoms with van der Waals surface area (Å²) in [7, 11) is 0. The molecule has 0 unspecified atom stereocenters. The number of anilines is 1. The summed E-state index contributed by atoms with van der Waals surface area (Å²) in [6.45, 7) is 5.42. The van der Waals surface area contributed by atoms with Crippen LogP contribution in [0.3, 0.4) is 0 Å². The molecule has 0 spiro atoms. The van der Waals surface area contributed by atoms with Crippen LogP contribution in [-0.4, -0.2) is 34.7 Å². The maximum atomic E-state index is 12.7. The number of carbonyl (C=O) groups excluding carboxylic acids is 1. The molecule has 2 N–H and O–H groups in total. The van der Waals surface area contributed by atoms with Crippen molar-refractivity contribution in [3.05, 3.63) is 65.2 Å². The minimum atomic E-state index is -0.680. The van der Waals surface area contributed by atoms with Crippen molar-refractivity contribution in [3.63, 3.8) is 0 Å². The summed E-state index contributed by atoms with van der Waals surface area (Å²) < 4.78 is 0. The first-order valence-electron chi connectivity index (χ1n) is 9.34. The first-order chi connectivity index (χ1) is 12.4. The van der Waals surface area contributed by atoms with Gasteiger partial charge in [-0.05, 0) is 43.4 Å². The van der Waals surface area contributed by atoms with Crippen molar-refractivity contribution in [3.8, 4) is 0 Å². The number of nitrogens with one attached hydrogen (secondary N) is 1. The van der Waals surface area contributed by atoms with Crippen LogP contribution < -0.4 is 5.32 Å². The molecule has 1 aliphatic heterocycles. The lowest BCUT2D eigenvalue weighted by Gasteiger charge is -2.48. The Kier molecular flexibility index (Phi) is 4.23. The molecule has 4 rings (SSSR count). The number of aryl methyl sites for hydroxylation is 2. The van der Waals surface area contributed by atoms with Crippen LogP contribution in [0.1, 0.15) is 23.1 Å². The van der Waals surface area contributed by atoms with Gasteiger partial charge in [0.1, 0.15) is 0 Å². The maximum Gasteiger partial charge on any atom is 0.321 e. The number of rotatable bonds is 3. The van der Waals surface area contributed by atoms with E-state index in [2.05, 4.69) is 23.5 Å². The maximum absolute atomic E-state index is 12.7. The molecule has 4 heteroatoms. The highest BCUT2D eigenvalue weighted by atomic mass is 16.3. The number of benzene rings is 2. The van der Waals surface area contributed by atoms with Gasteiger partial charge in [-0.15, -0.1) is 0 Å². The molecule has 26 heavy (non-hydrogen) atoms. The quantitative estimate of drug-likeness (QED) is 0.885. The van der Waals surface area contributed by atoms with E-state index in [0.29, 0.717) is 18.9 Å². The molecular weight excluding hydrogens is 324 g/mol. The smallest absolute Gasteiger partial charge is 0.321 e. The molecule has 136 valence electrons. The van der Waals surface area contributed by atoms with Crippen molar-refractivity contribution in [2.75, 3.05) is 18.4 Å². The molecule has 2 amide bonds. The Labute approximate surface area is 154 Å². The molecule has 1 saturated heterocycles. The Balaban J connectivity index is 1.40. The number of carbonyl (C=O) groups is 1. The van der Waals surface area contributed by atoms with E-state index in [9.17, 15) is 9.90 Å². The highest BCUT2D eigenvalue weighted by Gasteiger charge is 2.57. The van der Waals surface area contributed by atoms with Gasteiger partial charge in [0.15, 0.2) is 0 Å². The van der Waals surface area contributed by atoms with Gasteiger partial charge in [0.2, 0.25) is 0 Å². The summed E-state index contributed by atoms with van der Waals surface area (Å²) in [6.07, 6.45) is 1.45. The zero-order valence-electron chi connectivity index (χ0n) is 15.4. The molecule has 2 fully saturated rings. The fraction of sp³-hybridized carbons (Fsp3) is 0.409. The number of urea groups is 1. The SMILES string of the molecule is Cc1ccc(NC(=O)N2C[C@H]3C[C@](O)(Cc4ccccc4)[C@H]3C2)c(C)c1. The van der Waals surface area contributed by atoms with Crippen molar-refractivity contribution in [1.29, 1.82) is 0 Å². The van der Waals surface area contributed by atoms with Crippen LogP contribution in [0, 0.1) is 25.7 Å². The average Bonchev–Trinajstić information content (AvgIpc) is 2.97. The van der Waals surface area contributed by atoms with Gasteiger partial charge in [0, 0.05) is 31.1 Å². The van der Waals surface area contributed by atoms with Crippen LogP contribution in [0.15, 0.2) is 48.5 Å². The monoisotopic (exact) mass is 350 g/mol. The van der Waals surface area contributed by atoms with Crippen molar-refractivity contribution in [2.24, 2.45) is 11.8 Å². The zero-order valence-corrected chi connectivity index (χ0v) is 15.4. The molecule has 1 aliphatic carbocycles. The van der Waals surface area contributed by atoms with E-state index in [1.165, 1.54) is 5.56 Å². The Hall–Kier alpha value is -2.33. The molecule has 3 atom stereocenters. The molecule has 2 aromatic rings. The predicted octanol–water partition coefficient (Wildman–Crippen LogP) is 3.76. The molecule has 2 aromatic carbocycles. The Morgan fingerprint density at radius 1 is 1.19 bits per heavy atom. The number of fused-ring (bicyclic) bond motifs is 1. The van der Waals surface area contributed by atoms with E-state index in [1.54, 1.807) is 0 Å². The lowest BCUT2D eigenvalue weighted by molar-refractivity contribution is -0.116. The first kappa shape index (κ1) is 17.1. The van der Waals surface area contributed by atoms with E-state index in [4.69, 9.17) is 0 Å². The third-order valence-electron chi connectivity index (χ3n) is 6.01.